The molecule has 0 atom stereocenters. The fourth-order valence-electron chi connectivity index (χ4n) is 11.0. The normalized spacial score (nSPS) is 17.4. The number of benzene rings is 4. The van der Waals surface area contributed by atoms with Crippen LogP contribution in [0.25, 0.3) is 0 Å². The average molecular weight is 1520 g/mol. The maximum Gasteiger partial charge on any atom is 0.416 e. The third-order valence-electron chi connectivity index (χ3n) is 16.0. The van der Waals surface area contributed by atoms with Gasteiger partial charge in [-0.15, -0.1) is 17.4 Å². The van der Waals surface area contributed by atoms with Gasteiger partial charge >= 0.3 is 53.4 Å². The second-order valence-electron chi connectivity index (χ2n) is 24.7. The van der Waals surface area contributed by atoms with E-state index in [4.69, 9.17) is 16.3 Å². The van der Waals surface area contributed by atoms with Crippen molar-refractivity contribution >= 4 is 96.4 Å². The van der Waals surface area contributed by atoms with Gasteiger partial charge in [0.2, 0.25) is 30.1 Å². The zero-order valence-electron chi connectivity index (χ0n) is 55.3. The molecule has 0 aromatic heterocycles. The first kappa shape index (κ1) is 82.7. The summed E-state index contributed by atoms with van der Waals surface area (Å²) in [5.41, 5.74) is -2.73. The third kappa shape index (κ3) is 23.6. The van der Waals surface area contributed by atoms with E-state index in [-0.39, 0.29) is 101 Å². The van der Waals surface area contributed by atoms with Crippen LogP contribution in [0.1, 0.15) is 108 Å². The summed E-state index contributed by atoms with van der Waals surface area (Å²) in [7, 11) is -12.3. The summed E-state index contributed by atoms with van der Waals surface area (Å²) < 4.78 is 222. The Labute approximate surface area is 583 Å². The molecule has 3 amide bonds. The van der Waals surface area contributed by atoms with Crippen LogP contribution in [0, 0.1) is 5.82 Å². The molecule has 0 unspecified atom stereocenters. The number of alkyl halides is 9. The summed E-state index contributed by atoms with van der Waals surface area (Å²) in [6, 6.07) is 14.7. The van der Waals surface area contributed by atoms with Crippen molar-refractivity contribution in [2.45, 2.75) is 178 Å². The number of piperidine rings is 3. The van der Waals surface area contributed by atoms with Crippen LogP contribution in [0.3, 0.4) is 0 Å². The number of halogens is 11. The number of amides is 3. The summed E-state index contributed by atoms with van der Waals surface area (Å²) in [5, 5.41) is 4.50. The molecular weight excluding hydrogens is 1440 g/mol. The number of likely N-dealkylation sites (tertiary alicyclic amines) is 2. The highest BCUT2D eigenvalue weighted by atomic mass is 35.5. The predicted octanol–water partition coefficient (Wildman–Crippen LogP) is 10.3. The smallest absolute Gasteiger partial charge is 0.416 e. The van der Waals surface area contributed by atoms with E-state index in [1.165, 1.54) is 47.0 Å². The van der Waals surface area contributed by atoms with Crippen molar-refractivity contribution < 1.29 is 107 Å². The first-order valence-electron chi connectivity index (χ1n) is 32.2. The van der Waals surface area contributed by atoms with Gasteiger partial charge in [0, 0.05) is 68.1 Å². The maximum absolute atomic E-state index is 13.3. The Bertz CT molecular complexity index is 3830. The van der Waals surface area contributed by atoms with E-state index in [1.807, 2.05) is 0 Å². The number of rotatable bonds is 16. The first-order valence-corrected chi connectivity index (χ1v) is 40.4. The van der Waals surface area contributed by atoms with Crippen molar-refractivity contribution in [3.8, 4) is 0 Å². The van der Waals surface area contributed by atoms with E-state index in [1.54, 1.807) is 13.8 Å². The fourth-order valence-corrected chi connectivity index (χ4v) is 17.0. The number of anilines is 1. The first-order chi connectivity index (χ1) is 46.7. The molecule has 3 aliphatic heterocycles. The van der Waals surface area contributed by atoms with E-state index in [0.717, 1.165) is 86.6 Å². The molecule has 552 valence electrons. The van der Waals surface area contributed by atoms with E-state index < -0.39 is 128 Å². The molecule has 100 heavy (non-hydrogen) atoms. The number of ether oxygens (including phenoxy) is 2. The number of hydrogen-bond acceptors (Lipinski definition) is 15. The number of sulfonamides is 3. The highest BCUT2D eigenvalue weighted by Gasteiger charge is 2.48. The molecule has 4 aromatic carbocycles. The Balaban J connectivity index is 0.000000221. The second-order valence-corrected chi connectivity index (χ2v) is 34.0. The minimum Gasteiger partial charge on any atom is -0.459 e. The molecule has 2 N–H and O–H groups in total. The Kier molecular flexibility index (Phi) is 29.5. The van der Waals surface area contributed by atoms with Gasteiger partial charge in [-0.2, -0.15) is 52.4 Å². The number of carbonyl (C=O) groups is 6. The Morgan fingerprint density at radius 2 is 0.790 bits per heavy atom. The molecule has 0 bridgehead atoms. The molecule has 3 aliphatic carbocycles. The lowest BCUT2D eigenvalue weighted by Gasteiger charge is -2.37. The monoisotopic (exact) mass is 1520 g/mol. The van der Waals surface area contributed by atoms with Gasteiger partial charge in [0.1, 0.15) is 5.82 Å². The fraction of sp³-hybridized carbons (Fsp3) is 0.531. The maximum atomic E-state index is 13.3. The van der Waals surface area contributed by atoms with E-state index in [2.05, 4.69) is 32.7 Å². The standard InChI is InChI=1S/C23H23F4N3O4S.C19H23F3N2O5S.C15H19F3N2O2S.C4H5ClO3.3CH3.Al/c24-16-4-6-17(7-5-16)28-21(31)22(32)29-12-10-19(11-13-29)30(18-8-9-18)35(33,34)20-3-1-2-15(14-20)23(25,26)27;1-2-29-18(26)17(25)23-10-8-15(9-11-23)24(14-6-7-14)30(27,28)16-5-3-4-13(12-16)19(20,21)22;16-15(17,18)11-2-1-3-14(10-11)23(21,22)20(12-4-5-12)13-6-8-19-9-7-13;1-2-8-4(7)3(5)6;;;;/h1-7,14,18-19H,8-13H2,(H,28,31);3-5,12,14-15H,2,6-11H2,1H3;1-3,10,12-13,19H,4-9H2;2H2,1H3;3*1H3;. The van der Waals surface area contributed by atoms with Gasteiger partial charge in [-0.1, -0.05) is 18.2 Å². The van der Waals surface area contributed by atoms with E-state index in [0.29, 0.717) is 63.5 Å². The van der Waals surface area contributed by atoms with Crippen LogP contribution in [0.2, 0.25) is 17.4 Å². The molecule has 3 saturated carbocycles. The van der Waals surface area contributed by atoms with Crippen molar-refractivity contribution in [3.63, 3.8) is 0 Å². The molecule has 36 heteroatoms. The number of nitrogens with zero attached hydrogens (tertiary/aromatic N) is 5. The van der Waals surface area contributed by atoms with Crippen LogP contribution in [0.4, 0.5) is 49.6 Å². The minimum absolute atomic E-state index is 0.0716. The van der Waals surface area contributed by atoms with Gasteiger partial charge in [-0.05, 0) is 194 Å². The van der Waals surface area contributed by atoms with Gasteiger partial charge in [0.15, 0.2) is 0 Å². The molecule has 0 radical (unpaired) electrons. The topological polar surface area (TPSA) is 264 Å². The van der Waals surface area contributed by atoms with Crippen LogP contribution in [-0.4, -0.2) is 186 Å². The van der Waals surface area contributed by atoms with Crippen molar-refractivity contribution in [3.05, 3.63) is 120 Å². The SMILES string of the molecule is CCOC(=O)C(=O)Cl.CCOC(=O)C(=O)N1CCC(N(C2CC2)S(=O)(=O)c2cccc(C(F)(F)F)c2)CC1.O=C(Nc1ccc(F)cc1)C(=O)N1CCC(N(C2CC2)S(=O)(=O)c2cccc(C(F)(F)F)c2)CC1.O=S(=O)(c1cccc(C(F)(F)F)c1)N(C1CCNCC1)C1CC1.[CH3][Al]([CH3])[CH3]. The average Bonchev–Trinajstić information content (AvgIpc) is 1.37. The molecule has 0 spiro atoms. The zero-order chi connectivity index (χ0) is 74.3. The number of esters is 2. The Hall–Kier alpha value is -6.29. The van der Waals surface area contributed by atoms with Gasteiger partial charge in [0.25, 0.3) is 14.1 Å². The van der Waals surface area contributed by atoms with Crippen molar-refractivity contribution in [2.75, 3.05) is 57.8 Å². The van der Waals surface area contributed by atoms with Crippen molar-refractivity contribution in [2.24, 2.45) is 0 Å². The Morgan fingerprint density at radius 1 is 0.490 bits per heavy atom. The minimum atomic E-state index is -4.67. The summed E-state index contributed by atoms with van der Waals surface area (Å²) in [6.45, 7) is 5.46. The molecule has 3 heterocycles. The summed E-state index contributed by atoms with van der Waals surface area (Å²) in [5.74, 6) is 2.02. The van der Waals surface area contributed by atoms with E-state index in [9.17, 15) is 97.9 Å². The molecule has 3 saturated heterocycles. The lowest BCUT2D eigenvalue weighted by molar-refractivity contribution is -0.160. The predicted molar refractivity (Wildman–Crippen MR) is 348 cm³/mol. The van der Waals surface area contributed by atoms with E-state index >= 15 is 0 Å². The Morgan fingerprint density at radius 3 is 1.08 bits per heavy atom. The summed E-state index contributed by atoms with van der Waals surface area (Å²) in [6.07, 6.45) is -7.37. The highest BCUT2D eigenvalue weighted by Crippen LogP contribution is 2.42. The molecule has 10 rings (SSSR count). The molecule has 21 nitrogen and oxygen atoms in total. The number of carbonyl (C=O) groups excluding carboxylic acids is 6. The zero-order valence-corrected chi connectivity index (χ0v) is 59.6. The quantitative estimate of drug-likeness (QED) is 0.0347. The lowest BCUT2D eigenvalue weighted by atomic mass is 10.0. The molecule has 6 aliphatic rings. The van der Waals surface area contributed by atoms with Crippen LogP contribution in [0.15, 0.2) is 112 Å². The molecule has 6 fully saturated rings. The van der Waals surface area contributed by atoms with Crippen LogP contribution in [-0.2, 0) is 86.8 Å². The highest BCUT2D eigenvalue weighted by molar-refractivity contribution is 7.89. The van der Waals surface area contributed by atoms with Crippen LogP contribution < -0.4 is 10.6 Å². The largest absolute Gasteiger partial charge is 0.459 e. The second kappa shape index (κ2) is 35.7. The third-order valence-corrected chi connectivity index (χ3v) is 22.2. The van der Waals surface area contributed by atoms with Crippen LogP contribution >= 0.6 is 11.6 Å². The van der Waals surface area contributed by atoms with Gasteiger partial charge in [0.05, 0.1) is 44.6 Å². The van der Waals surface area contributed by atoms with Gasteiger partial charge in [-0.25, -0.2) is 39.2 Å². The lowest BCUT2D eigenvalue weighted by Crippen LogP contribution is -2.51. The summed E-state index contributed by atoms with van der Waals surface area (Å²) >= 11 is 4.55. The molecular formula is C64H79AlClF10N7O14S3. The number of hydrogen-bond donors (Lipinski definition) is 2. The number of nitrogens with one attached hydrogen (secondary N) is 2. The van der Waals surface area contributed by atoms with Crippen molar-refractivity contribution in [1.82, 2.24) is 28.0 Å². The van der Waals surface area contributed by atoms with Gasteiger partial charge in [-0.3, -0.25) is 19.2 Å². The van der Waals surface area contributed by atoms with Gasteiger partial charge < -0.3 is 29.9 Å². The van der Waals surface area contributed by atoms with Crippen molar-refractivity contribution in [1.29, 1.82) is 0 Å². The molecule has 4 aromatic rings. The van der Waals surface area contributed by atoms with Crippen LogP contribution in [0.5, 0.6) is 0 Å². The summed E-state index contributed by atoms with van der Waals surface area (Å²) in [4.78, 5) is 69.9.